The first kappa shape index (κ1) is 19.0. The molecule has 0 N–H and O–H groups in total. The fourth-order valence-electron chi connectivity index (χ4n) is 0.283. The van der Waals surface area contributed by atoms with Crippen LogP contribution in [0, 0.1) is 0 Å². The molecule has 0 aromatic rings. The molecule has 6 heteroatoms. The fourth-order valence-corrected chi connectivity index (χ4v) is 0.562. The molecule has 3 nitrogen and oxygen atoms in total. The Morgan fingerprint density at radius 3 is 2.30 bits per heavy atom. The Balaban J connectivity index is -0.000000245. The monoisotopic (exact) mass is 214 g/mol. The van der Waals surface area contributed by atoms with Gasteiger partial charge in [-0.15, -0.1) is 4.52 Å². The molecule has 0 aliphatic rings. The summed E-state index contributed by atoms with van der Waals surface area (Å²) in [5.41, 5.74) is 0. The number of rotatable bonds is 4. The quantitative estimate of drug-likeness (QED) is 0.267. The predicted octanol–water partition coefficient (Wildman–Crippen LogP) is -5.17. The van der Waals surface area contributed by atoms with Gasteiger partial charge in [0.1, 0.15) is 6.61 Å². The van der Waals surface area contributed by atoms with E-state index in [4.69, 9.17) is 0 Å². The third-order valence-electron chi connectivity index (χ3n) is 0.695. The average molecular weight is 214 g/mol. The SMILES string of the molecule is CCCCO[P+](=O)[O-].[K+].[K+]. The van der Waals surface area contributed by atoms with Crippen molar-refractivity contribution in [3.8, 4) is 0 Å². The number of hydrogen-bond acceptors (Lipinski definition) is 3. The van der Waals surface area contributed by atoms with Crippen molar-refractivity contribution in [1.29, 1.82) is 0 Å². The molecule has 0 saturated heterocycles. The summed E-state index contributed by atoms with van der Waals surface area (Å²) in [5.74, 6) is 0. The third-order valence-corrected chi connectivity index (χ3v) is 1.09. The van der Waals surface area contributed by atoms with Crippen molar-refractivity contribution in [1.82, 2.24) is 0 Å². The average Bonchev–Trinajstić information content (AvgIpc) is 1.66. The van der Waals surface area contributed by atoms with Crippen molar-refractivity contribution >= 4 is 8.25 Å². The molecule has 0 aliphatic carbocycles. The van der Waals surface area contributed by atoms with Crippen LogP contribution in [0.5, 0.6) is 0 Å². The first-order valence-corrected chi connectivity index (χ1v) is 3.64. The fraction of sp³-hybridized carbons (Fsp3) is 1.00. The van der Waals surface area contributed by atoms with Gasteiger partial charge in [0.15, 0.2) is 0 Å². The van der Waals surface area contributed by atoms with E-state index in [0.717, 1.165) is 12.8 Å². The van der Waals surface area contributed by atoms with Gasteiger partial charge >= 0.3 is 111 Å². The van der Waals surface area contributed by atoms with E-state index >= 15 is 0 Å². The molecule has 0 rings (SSSR count). The zero-order valence-electron chi connectivity index (χ0n) is 6.79. The Morgan fingerprint density at radius 1 is 1.50 bits per heavy atom. The summed E-state index contributed by atoms with van der Waals surface area (Å²) in [6.07, 6.45) is 1.77. The first-order chi connectivity index (χ1) is 3.77. The second-order valence-electron chi connectivity index (χ2n) is 1.41. The van der Waals surface area contributed by atoms with Crippen molar-refractivity contribution in [3.63, 3.8) is 0 Å². The second-order valence-corrected chi connectivity index (χ2v) is 2.12. The Bertz CT molecular complexity index is 80.9. The van der Waals surface area contributed by atoms with Crippen LogP contribution in [0.4, 0.5) is 0 Å². The topological polar surface area (TPSA) is 49.4 Å². The summed E-state index contributed by atoms with van der Waals surface area (Å²) in [4.78, 5) is 9.69. The maximum absolute atomic E-state index is 9.69. The number of hydrogen-bond donors (Lipinski definition) is 0. The van der Waals surface area contributed by atoms with E-state index in [9.17, 15) is 9.46 Å². The third kappa shape index (κ3) is 17.4. The maximum Gasteiger partial charge on any atom is 1.00 e. The van der Waals surface area contributed by atoms with Crippen molar-refractivity contribution in [2.75, 3.05) is 6.61 Å². The van der Waals surface area contributed by atoms with Gasteiger partial charge in [-0.3, -0.25) is 0 Å². The van der Waals surface area contributed by atoms with Gasteiger partial charge in [-0.05, 0) is 11.0 Å². The smallest absolute Gasteiger partial charge is 0.566 e. The normalized spacial score (nSPS) is 9.20. The molecule has 0 fully saturated rings. The molecule has 48 valence electrons. The van der Waals surface area contributed by atoms with Crippen LogP contribution in [-0.2, 0) is 9.09 Å². The largest absolute Gasteiger partial charge is 1.00 e. The summed E-state index contributed by atoms with van der Waals surface area (Å²) in [6.45, 7) is 2.30. The Hall–Kier alpha value is 3.29. The molecule has 0 bridgehead atoms. The van der Waals surface area contributed by atoms with Gasteiger partial charge in [0.05, 0.1) is 0 Å². The Kier molecular flexibility index (Phi) is 28.1. The molecule has 0 heterocycles. The van der Waals surface area contributed by atoms with Crippen LogP contribution in [0.3, 0.4) is 0 Å². The zero-order valence-corrected chi connectivity index (χ0v) is 13.9. The van der Waals surface area contributed by atoms with Crippen molar-refractivity contribution in [3.05, 3.63) is 0 Å². The van der Waals surface area contributed by atoms with Crippen LogP contribution in [0.1, 0.15) is 19.8 Å². The van der Waals surface area contributed by atoms with Gasteiger partial charge in [0, 0.05) is 0 Å². The molecule has 0 amide bonds. The molecule has 0 aromatic carbocycles. The van der Waals surface area contributed by atoms with Gasteiger partial charge in [-0.2, -0.15) is 0 Å². The molecular formula is C4H9K2O3P+2. The molecular weight excluding hydrogens is 205 g/mol. The van der Waals surface area contributed by atoms with Crippen LogP contribution in [0.25, 0.3) is 0 Å². The molecule has 10 heavy (non-hydrogen) atoms. The van der Waals surface area contributed by atoms with Crippen molar-refractivity contribution < 1.29 is 117 Å². The van der Waals surface area contributed by atoms with E-state index in [0.29, 0.717) is 6.61 Å². The van der Waals surface area contributed by atoms with Crippen LogP contribution in [0.2, 0.25) is 0 Å². The van der Waals surface area contributed by atoms with Gasteiger partial charge in [-0.25, -0.2) is 0 Å². The number of unbranched alkanes of at least 4 members (excludes halogenated alkanes) is 1. The first-order valence-electron chi connectivity index (χ1n) is 2.54. The molecule has 0 aliphatic heterocycles. The molecule has 0 spiro atoms. The van der Waals surface area contributed by atoms with Crippen LogP contribution in [-0.4, -0.2) is 6.61 Å². The second kappa shape index (κ2) is 14.8. The molecule has 1 unspecified atom stereocenters. The molecule has 1 atom stereocenters. The van der Waals surface area contributed by atoms with Crippen LogP contribution >= 0.6 is 8.25 Å². The van der Waals surface area contributed by atoms with Crippen molar-refractivity contribution in [2.45, 2.75) is 19.8 Å². The minimum Gasteiger partial charge on any atom is -0.566 e. The van der Waals surface area contributed by atoms with E-state index in [2.05, 4.69) is 4.52 Å². The molecule has 0 radical (unpaired) electrons. The minimum absolute atomic E-state index is 0. The van der Waals surface area contributed by atoms with Crippen LogP contribution in [0.15, 0.2) is 0 Å². The van der Waals surface area contributed by atoms with E-state index in [-0.39, 0.29) is 103 Å². The molecule has 0 aromatic heterocycles. The van der Waals surface area contributed by atoms with E-state index < -0.39 is 8.25 Å². The van der Waals surface area contributed by atoms with Gasteiger partial charge in [-0.1, -0.05) is 13.3 Å². The zero-order chi connectivity index (χ0) is 6.41. The summed E-state index contributed by atoms with van der Waals surface area (Å²) in [7, 11) is -2.61. The van der Waals surface area contributed by atoms with Crippen molar-refractivity contribution in [2.24, 2.45) is 0 Å². The standard InChI is InChI=1S/C4H9O3P.2K/c1-2-3-4-7-8(5)6;;/h2-4H2,1H3;;/q;2*+1. The molecule has 0 saturated carbocycles. The minimum atomic E-state index is -2.61. The van der Waals surface area contributed by atoms with Gasteiger partial charge in [0.2, 0.25) is 0 Å². The van der Waals surface area contributed by atoms with Gasteiger partial charge < -0.3 is 4.89 Å². The Morgan fingerprint density at radius 2 is 2.00 bits per heavy atom. The summed E-state index contributed by atoms with van der Waals surface area (Å²) in [6, 6.07) is 0. The maximum atomic E-state index is 9.69. The van der Waals surface area contributed by atoms with E-state index in [1.165, 1.54) is 0 Å². The Labute approximate surface area is 147 Å². The van der Waals surface area contributed by atoms with Gasteiger partial charge in [0.25, 0.3) is 0 Å². The van der Waals surface area contributed by atoms with E-state index in [1.54, 1.807) is 0 Å². The van der Waals surface area contributed by atoms with Crippen LogP contribution < -0.4 is 108 Å². The summed E-state index contributed by atoms with van der Waals surface area (Å²) < 4.78 is 13.9. The van der Waals surface area contributed by atoms with E-state index in [1.807, 2.05) is 6.92 Å². The predicted molar refractivity (Wildman–Crippen MR) is 28.5 cm³/mol. The summed E-state index contributed by atoms with van der Waals surface area (Å²) >= 11 is 0. The summed E-state index contributed by atoms with van der Waals surface area (Å²) in [5, 5.41) is 0.